The second-order valence-corrected chi connectivity index (χ2v) is 6.12. The molecule has 0 atom stereocenters. The van der Waals surface area contributed by atoms with E-state index >= 15 is 0 Å². The monoisotopic (exact) mass is 308 g/mol. The van der Waals surface area contributed by atoms with Crippen LogP contribution < -0.4 is 0 Å². The first-order valence-electron chi connectivity index (χ1n) is 6.65. The topological polar surface area (TPSA) is 35.6 Å². The van der Waals surface area contributed by atoms with Crippen molar-refractivity contribution in [2.45, 2.75) is 32.7 Å². The number of alkyl halides is 1. The highest BCUT2D eigenvalue weighted by molar-refractivity contribution is 7.10. The molecular formula is C14H17ClN4S. The molecule has 0 N–H and O–H groups in total. The normalized spacial score (nSPS) is 11.6. The first-order valence-corrected chi connectivity index (χ1v) is 8.07. The number of hydrogen-bond donors (Lipinski definition) is 0. The summed E-state index contributed by atoms with van der Waals surface area (Å²) >= 11 is 7.86. The van der Waals surface area contributed by atoms with Gasteiger partial charge in [0.25, 0.3) is 0 Å². The van der Waals surface area contributed by atoms with Crippen molar-refractivity contribution in [1.82, 2.24) is 19.3 Å². The van der Waals surface area contributed by atoms with Crippen LogP contribution in [0.3, 0.4) is 0 Å². The van der Waals surface area contributed by atoms with Gasteiger partial charge in [-0.15, -0.1) is 22.9 Å². The van der Waals surface area contributed by atoms with Gasteiger partial charge in [-0.2, -0.15) is 5.10 Å². The number of fused-ring (bicyclic) bond motifs is 1. The van der Waals surface area contributed by atoms with Crippen molar-refractivity contribution in [2.75, 3.05) is 0 Å². The van der Waals surface area contributed by atoms with Crippen LogP contribution in [0.5, 0.6) is 0 Å². The minimum atomic E-state index is 0.418. The van der Waals surface area contributed by atoms with E-state index < -0.39 is 0 Å². The van der Waals surface area contributed by atoms with Gasteiger partial charge in [0.15, 0.2) is 5.65 Å². The molecule has 3 rings (SSSR count). The van der Waals surface area contributed by atoms with E-state index in [1.54, 1.807) is 11.3 Å². The Kier molecular flexibility index (Phi) is 3.56. The van der Waals surface area contributed by atoms with Gasteiger partial charge in [-0.1, -0.05) is 6.92 Å². The van der Waals surface area contributed by atoms with E-state index in [1.165, 1.54) is 10.4 Å². The number of aromatic nitrogens is 4. The molecule has 0 unspecified atom stereocenters. The minimum Gasteiger partial charge on any atom is -0.307 e. The number of nitrogens with zero attached hydrogens (tertiary/aromatic N) is 4. The van der Waals surface area contributed by atoms with E-state index in [2.05, 4.69) is 33.0 Å². The average molecular weight is 309 g/mol. The standard InChI is InChI=1S/C14H17ClN4S/c1-4-10-5-6-20-11(10)8-19-12(7-15)16-13-9(2)17-18(3)14(13)19/h5-6H,4,7-8H2,1-3H3. The Morgan fingerprint density at radius 1 is 1.40 bits per heavy atom. The van der Waals surface area contributed by atoms with Gasteiger partial charge in [-0.05, 0) is 30.4 Å². The molecule has 3 heterocycles. The Hall–Kier alpha value is -1.33. The average Bonchev–Trinajstić information content (AvgIpc) is 3.08. The quantitative estimate of drug-likeness (QED) is 0.692. The van der Waals surface area contributed by atoms with Crippen LogP contribution >= 0.6 is 22.9 Å². The Bertz CT molecular complexity index is 753. The zero-order valence-corrected chi connectivity index (χ0v) is 13.4. The molecule has 3 aromatic rings. The molecule has 3 aromatic heterocycles. The summed E-state index contributed by atoms with van der Waals surface area (Å²) in [6.07, 6.45) is 1.05. The molecule has 0 aliphatic carbocycles. The van der Waals surface area contributed by atoms with Gasteiger partial charge in [0, 0.05) is 11.9 Å². The van der Waals surface area contributed by atoms with Crippen molar-refractivity contribution in [3.8, 4) is 0 Å². The van der Waals surface area contributed by atoms with E-state index in [9.17, 15) is 0 Å². The molecule has 6 heteroatoms. The zero-order chi connectivity index (χ0) is 14.3. The first-order chi connectivity index (χ1) is 9.65. The second kappa shape index (κ2) is 5.22. The van der Waals surface area contributed by atoms with Crippen molar-refractivity contribution in [3.63, 3.8) is 0 Å². The second-order valence-electron chi connectivity index (χ2n) is 4.85. The fourth-order valence-corrected chi connectivity index (χ4v) is 3.78. The van der Waals surface area contributed by atoms with Crippen LogP contribution in [0.2, 0.25) is 0 Å². The Labute approximate surface area is 127 Å². The summed E-state index contributed by atoms with van der Waals surface area (Å²) in [6, 6.07) is 2.20. The van der Waals surface area contributed by atoms with Gasteiger partial charge in [0.1, 0.15) is 11.3 Å². The number of halogens is 1. The fourth-order valence-electron chi connectivity index (χ4n) is 2.61. The number of hydrogen-bond acceptors (Lipinski definition) is 3. The van der Waals surface area contributed by atoms with E-state index in [0.717, 1.165) is 35.6 Å². The lowest BCUT2D eigenvalue weighted by Gasteiger charge is -2.08. The molecule has 0 radical (unpaired) electrons. The molecule has 0 spiro atoms. The summed E-state index contributed by atoms with van der Waals surface area (Å²) in [5, 5.41) is 6.60. The molecule has 0 saturated heterocycles. The van der Waals surface area contributed by atoms with Crippen molar-refractivity contribution < 1.29 is 0 Å². The molecule has 0 saturated carbocycles. The van der Waals surface area contributed by atoms with Gasteiger partial charge in [-0.3, -0.25) is 4.68 Å². The molecular weight excluding hydrogens is 292 g/mol. The van der Waals surface area contributed by atoms with Crippen LogP contribution in [0, 0.1) is 6.92 Å². The summed E-state index contributed by atoms with van der Waals surface area (Å²) in [4.78, 5) is 6.01. The molecule has 106 valence electrons. The lowest BCUT2D eigenvalue weighted by molar-refractivity contribution is 0.704. The highest BCUT2D eigenvalue weighted by Gasteiger charge is 2.18. The third-order valence-corrected chi connectivity index (χ3v) is 4.80. The van der Waals surface area contributed by atoms with Crippen LogP contribution in [0.1, 0.15) is 28.9 Å². The maximum Gasteiger partial charge on any atom is 0.159 e. The lowest BCUT2D eigenvalue weighted by atomic mass is 10.2. The van der Waals surface area contributed by atoms with Crippen LogP contribution in [0.15, 0.2) is 11.4 Å². The highest BCUT2D eigenvalue weighted by Crippen LogP contribution is 2.25. The number of rotatable bonds is 4. The third-order valence-electron chi connectivity index (χ3n) is 3.61. The highest BCUT2D eigenvalue weighted by atomic mass is 35.5. The molecule has 20 heavy (non-hydrogen) atoms. The van der Waals surface area contributed by atoms with Crippen molar-refractivity contribution in [1.29, 1.82) is 0 Å². The molecule has 0 bridgehead atoms. The van der Waals surface area contributed by atoms with Crippen LogP contribution in [-0.2, 0) is 25.9 Å². The van der Waals surface area contributed by atoms with Crippen LogP contribution in [-0.4, -0.2) is 19.3 Å². The molecule has 4 nitrogen and oxygen atoms in total. The van der Waals surface area contributed by atoms with Gasteiger partial charge in [0.05, 0.1) is 18.1 Å². The summed E-state index contributed by atoms with van der Waals surface area (Å²) in [6.45, 7) is 4.99. The minimum absolute atomic E-state index is 0.418. The van der Waals surface area contributed by atoms with Gasteiger partial charge in [-0.25, -0.2) is 4.98 Å². The Morgan fingerprint density at radius 3 is 2.90 bits per heavy atom. The van der Waals surface area contributed by atoms with E-state index in [-0.39, 0.29) is 0 Å². The third kappa shape index (κ3) is 2.05. The summed E-state index contributed by atoms with van der Waals surface area (Å²) < 4.78 is 4.08. The number of imidazole rings is 1. The Balaban J connectivity index is 2.14. The van der Waals surface area contributed by atoms with Crippen molar-refractivity contribution in [2.24, 2.45) is 7.05 Å². The molecule has 0 fully saturated rings. The number of aryl methyl sites for hydroxylation is 3. The maximum atomic E-state index is 6.07. The van der Waals surface area contributed by atoms with E-state index in [4.69, 9.17) is 11.6 Å². The number of thiophene rings is 1. The molecule has 0 aromatic carbocycles. The van der Waals surface area contributed by atoms with Crippen molar-refractivity contribution >= 4 is 34.1 Å². The predicted octanol–water partition coefficient (Wildman–Crippen LogP) is 3.49. The Morgan fingerprint density at radius 2 is 2.20 bits per heavy atom. The summed E-state index contributed by atoms with van der Waals surface area (Å²) in [5.74, 6) is 1.33. The molecule has 0 aliphatic rings. The van der Waals surface area contributed by atoms with Gasteiger partial charge in [0.2, 0.25) is 0 Å². The molecule has 0 amide bonds. The summed E-state index contributed by atoms with van der Waals surface area (Å²) in [5.41, 5.74) is 4.36. The largest absolute Gasteiger partial charge is 0.307 e. The first kappa shape index (κ1) is 13.6. The van der Waals surface area contributed by atoms with Gasteiger partial charge >= 0.3 is 0 Å². The van der Waals surface area contributed by atoms with Crippen molar-refractivity contribution in [3.05, 3.63) is 33.4 Å². The van der Waals surface area contributed by atoms with Gasteiger partial charge < -0.3 is 4.57 Å². The van der Waals surface area contributed by atoms with E-state index in [0.29, 0.717) is 5.88 Å². The van der Waals surface area contributed by atoms with E-state index in [1.807, 2.05) is 18.7 Å². The lowest BCUT2D eigenvalue weighted by Crippen LogP contribution is -2.07. The zero-order valence-electron chi connectivity index (χ0n) is 11.9. The molecule has 0 aliphatic heterocycles. The fraction of sp³-hybridized carbons (Fsp3) is 0.429. The van der Waals surface area contributed by atoms with Crippen LogP contribution in [0.25, 0.3) is 11.2 Å². The predicted molar refractivity (Wildman–Crippen MR) is 83.6 cm³/mol. The summed E-state index contributed by atoms with van der Waals surface area (Å²) in [7, 11) is 1.96. The smallest absolute Gasteiger partial charge is 0.159 e. The SMILES string of the molecule is CCc1ccsc1Cn1c(CCl)nc2c(C)nn(C)c21. The van der Waals surface area contributed by atoms with Crippen LogP contribution in [0.4, 0.5) is 0 Å². The maximum absolute atomic E-state index is 6.07.